The molecule has 0 amide bonds. The van der Waals surface area contributed by atoms with E-state index in [9.17, 15) is 17.2 Å². The van der Waals surface area contributed by atoms with Gasteiger partial charge in [0, 0.05) is 11.4 Å². The fraction of sp³-hybridized carbons (Fsp3) is 0.125. The molecule has 0 spiro atoms. The summed E-state index contributed by atoms with van der Waals surface area (Å²) in [6.45, 7) is 0.115. The zero-order chi connectivity index (χ0) is 17.3. The topological polar surface area (TPSA) is 40.6 Å². The molecule has 24 heavy (non-hydrogen) atoms. The molecule has 2 aromatic carbocycles. The highest BCUT2D eigenvalue weighted by Gasteiger charge is 2.41. The molecule has 0 radical (unpaired) electrons. The standard InChI is InChI=1S/C16H13BrF2N2O2S/c17-9-3-4-10-20-15-5-1-2-6-16(15)21(24(20,22)23)14-8-7-12(18)11-13(14)19/h1-8,11H,9-10H2/b4-3+. The molecule has 0 saturated carbocycles. The van der Waals surface area contributed by atoms with E-state index in [0.717, 1.165) is 16.4 Å². The maximum atomic E-state index is 14.2. The summed E-state index contributed by atoms with van der Waals surface area (Å²) >= 11 is 3.23. The van der Waals surface area contributed by atoms with E-state index < -0.39 is 21.8 Å². The zero-order valence-corrected chi connectivity index (χ0v) is 14.8. The van der Waals surface area contributed by atoms with Crippen LogP contribution in [0.1, 0.15) is 0 Å². The molecule has 0 aromatic heterocycles. The second-order valence-electron chi connectivity index (χ2n) is 5.01. The maximum Gasteiger partial charge on any atom is 0.331 e. The van der Waals surface area contributed by atoms with Gasteiger partial charge < -0.3 is 0 Å². The highest BCUT2D eigenvalue weighted by Crippen LogP contribution is 2.45. The summed E-state index contributed by atoms with van der Waals surface area (Å²) in [5.41, 5.74) is 0.562. The van der Waals surface area contributed by atoms with Gasteiger partial charge in [-0.2, -0.15) is 8.42 Å². The van der Waals surface area contributed by atoms with E-state index in [1.54, 1.807) is 36.4 Å². The van der Waals surface area contributed by atoms with Crippen LogP contribution in [0, 0.1) is 11.6 Å². The normalized spacial score (nSPS) is 16.0. The molecule has 1 aliphatic heterocycles. The Kier molecular flexibility index (Phi) is 4.60. The average Bonchev–Trinajstić information content (AvgIpc) is 2.76. The molecule has 0 aliphatic carbocycles. The Morgan fingerprint density at radius 1 is 1.00 bits per heavy atom. The summed E-state index contributed by atoms with van der Waals surface area (Å²) in [7, 11) is -4.02. The van der Waals surface area contributed by atoms with Crippen LogP contribution < -0.4 is 8.61 Å². The van der Waals surface area contributed by atoms with E-state index in [1.165, 1.54) is 4.31 Å². The molecule has 1 heterocycles. The minimum atomic E-state index is -4.02. The van der Waals surface area contributed by atoms with Gasteiger partial charge in [-0.25, -0.2) is 17.4 Å². The lowest BCUT2D eigenvalue weighted by molar-refractivity contribution is 0.579. The summed E-state index contributed by atoms with van der Waals surface area (Å²) in [6, 6.07) is 9.43. The number of allylic oxidation sites excluding steroid dienone is 1. The van der Waals surface area contributed by atoms with Crippen molar-refractivity contribution in [1.29, 1.82) is 0 Å². The van der Waals surface area contributed by atoms with Gasteiger partial charge in [-0.3, -0.25) is 0 Å². The van der Waals surface area contributed by atoms with Gasteiger partial charge >= 0.3 is 10.2 Å². The van der Waals surface area contributed by atoms with Crippen molar-refractivity contribution < 1.29 is 17.2 Å². The first-order valence-electron chi connectivity index (χ1n) is 7.05. The van der Waals surface area contributed by atoms with Crippen LogP contribution in [0.3, 0.4) is 0 Å². The number of rotatable bonds is 4. The molecule has 126 valence electrons. The third-order valence-corrected chi connectivity index (χ3v) is 5.67. The van der Waals surface area contributed by atoms with E-state index in [0.29, 0.717) is 22.8 Å². The second kappa shape index (κ2) is 6.52. The molecule has 0 fully saturated rings. The molecular formula is C16H13BrF2N2O2S. The summed E-state index contributed by atoms with van der Waals surface area (Å²) in [5, 5.41) is 0.596. The number of benzene rings is 2. The first kappa shape index (κ1) is 16.9. The first-order valence-corrected chi connectivity index (χ1v) is 9.56. The van der Waals surface area contributed by atoms with Crippen LogP contribution in [0.5, 0.6) is 0 Å². The van der Waals surface area contributed by atoms with Gasteiger partial charge in [0.15, 0.2) is 5.82 Å². The summed E-state index contributed by atoms with van der Waals surface area (Å²) < 4.78 is 55.3. The van der Waals surface area contributed by atoms with Crippen molar-refractivity contribution in [3.63, 3.8) is 0 Å². The van der Waals surface area contributed by atoms with Crippen molar-refractivity contribution >= 4 is 43.2 Å². The van der Waals surface area contributed by atoms with Crippen molar-refractivity contribution in [2.45, 2.75) is 0 Å². The summed E-state index contributed by atoms with van der Waals surface area (Å²) in [4.78, 5) is 0. The Hall–Kier alpha value is -1.93. The number of anilines is 3. The van der Waals surface area contributed by atoms with Gasteiger partial charge in [-0.15, -0.1) is 0 Å². The molecule has 8 heteroatoms. The van der Waals surface area contributed by atoms with Crippen LogP contribution in [0.4, 0.5) is 25.8 Å². The molecule has 0 saturated heterocycles. The third kappa shape index (κ3) is 2.80. The predicted molar refractivity (Wildman–Crippen MR) is 94.1 cm³/mol. The Bertz CT molecular complexity index is 903. The van der Waals surface area contributed by atoms with Crippen LogP contribution in [0.15, 0.2) is 54.6 Å². The van der Waals surface area contributed by atoms with Gasteiger partial charge in [-0.1, -0.05) is 40.2 Å². The van der Waals surface area contributed by atoms with E-state index in [1.807, 2.05) is 0 Å². The monoisotopic (exact) mass is 414 g/mol. The van der Waals surface area contributed by atoms with Gasteiger partial charge in [0.05, 0.1) is 23.6 Å². The Morgan fingerprint density at radius 3 is 2.38 bits per heavy atom. The van der Waals surface area contributed by atoms with Crippen molar-refractivity contribution in [3.05, 3.63) is 66.3 Å². The molecule has 3 rings (SSSR count). The quantitative estimate of drug-likeness (QED) is 0.557. The van der Waals surface area contributed by atoms with E-state index >= 15 is 0 Å². The van der Waals surface area contributed by atoms with Gasteiger partial charge in [0.2, 0.25) is 0 Å². The van der Waals surface area contributed by atoms with Crippen molar-refractivity contribution in [2.75, 3.05) is 20.5 Å². The van der Waals surface area contributed by atoms with Crippen molar-refractivity contribution in [1.82, 2.24) is 0 Å². The molecule has 0 N–H and O–H groups in total. The molecule has 0 atom stereocenters. The Balaban J connectivity index is 2.15. The lowest BCUT2D eigenvalue weighted by atomic mass is 10.2. The number of hydrogen-bond acceptors (Lipinski definition) is 2. The van der Waals surface area contributed by atoms with E-state index in [2.05, 4.69) is 15.9 Å². The smallest absolute Gasteiger partial charge is 0.247 e. The summed E-state index contributed by atoms with van der Waals surface area (Å²) in [5.74, 6) is -1.70. The highest BCUT2D eigenvalue weighted by atomic mass is 79.9. The molecule has 2 aromatic rings. The molecule has 1 aliphatic rings. The molecular weight excluding hydrogens is 402 g/mol. The van der Waals surface area contributed by atoms with Crippen LogP contribution in [-0.2, 0) is 10.2 Å². The lowest BCUT2D eigenvalue weighted by Gasteiger charge is -2.21. The zero-order valence-electron chi connectivity index (χ0n) is 12.4. The fourth-order valence-corrected chi connectivity index (χ4v) is 4.46. The fourth-order valence-electron chi connectivity index (χ4n) is 2.52. The van der Waals surface area contributed by atoms with Gasteiger partial charge in [0.1, 0.15) is 5.82 Å². The van der Waals surface area contributed by atoms with Crippen LogP contribution in [0.2, 0.25) is 0 Å². The molecule has 0 unspecified atom stereocenters. The Labute approximate surface area is 147 Å². The van der Waals surface area contributed by atoms with Crippen molar-refractivity contribution in [3.8, 4) is 0 Å². The van der Waals surface area contributed by atoms with Gasteiger partial charge in [0.25, 0.3) is 0 Å². The van der Waals surface area contributed by atoms with Crippen LogP contribution in [-0.4, -0.2) is 20.3 Å². The summed E-state index contributed by atoms with van der Waals surface area (Å²) in [6.07, 6.45) is 3.48. The number of fused-ring (bicyclic) bond motifs is 1. The third-order valence-electron chi connectivity index (χ3n) is 3.53. The number of para-hydroxylation sites is 2. The largest absolute Gasteiger partial charge is 0.331 e. The predicted octanol–water partition coefficient (Wildman–Crippen LogP) is 4.12. The lowest BCUT2D eigenvalue weighted by Crippen LogP contribution is -2.35. The van der Waals surface area contributed by atoms with Gasteiger partial charge in [-0.05, 0) is 24.3 Å². The van der Waals surface area contributed by atoms with Crippen LogP contribution in [0.25, 0.3) is 0 Å². The SMILES string of the molecule is O=S1(=O)N(C/C=C/CBr)c2ccccc2N1c1ccc(F)cc1F. The van der Waals surface area contributed by atoms with E-state index in [4.69, 9.17) is 0 Å². The highest BCUT2D eigenvalue weighted by molar-refractivity contribution is 9.09. The maximum absolute atomic E-state index is 14.2. The second-order valence-corrected chi connectivity index (χ2v) is 7.36. The minimum absolute atomic E-state index is 0.115. The van der Waals surface area contributed by atoms with Crippen LogP contribution >= 0.6 is 15.9 Å². The number of halogens is 3. The van der Waals surface area contributed by atoms with Crippen molar-refractivity contribution in [2.24, 2.45) is 0 Å². The number of hydrogen-bond donors (Lipinski definition) is 0. The average molecular weight is 415 g/mol. The first-order chi connectivity index (χ1) is 11.5. The molecule has 4 nitrogen and oxygen atoms in total. The number of alkyl halides is 1. The molecule has 0 bridgehead atoms. The number of nitrogens with zero attached hydrogens (tertiary/aromatic N) is 2. The van der Waals surface area contributed by atoms with E-state index in [-0.39, 0.29) is 12.2 Å². The minimum Gasteiger partial charge on any atom is -0.247 e. The Morgan fingerprint density at radius 2 is 1.71 bits per heavy atom.